The van der Waals surface area contributed by atoms with Crippen LogP contribution in [0.15, 0.2) is 28.8 Å². The predicted octanol–water partition coefficient (Wildman–Crippen LogP) is 4.28. The van der Waals surface area contributed by atoms with Crippen molar-refractivity contribution in [2.75, 3.05) is 5.32 Å². The zero-order valence-corrected chi connectivity index (χ0v) is 14.2. The second-order valence-corrected chi connectivity index (χ2v) is 6.80. The van der Waals surface area contributed by atoms with Crippen molar-refractivity contribution >= 4 is 22.9 Å². The highest BCUT2D eigenvalue weighted by Crippen LogP contribution is 2.33. The summed E-state index contributed by atoms with van der Waals surface area (Å²) in [6.45, 7) is 7.67. The fourth-order valence-corrected chi connectivity index (χ4v) is 3.32. The van der Waals surface area contributed by atoms with Gasteiger partial charge in [-0.15, -0.1) is 11.3 Å². The summed E-state index contributed by atoms with van der Waals surface area (Å²) >= 11 is 1.52. The average Bonchev–Trinajstić information content (AvgIpc) is 3.05. The molecule has 0 saturated heterocycles. The molecule has 1 aromatic carbocycles. The number of nitrogens with one attached hydrogen (secondary N) is 1. The number of aryl methyl sites for hydroxylation is 4. The zero-order valence-electron chi connectivity index (χ0n) is 13.4. The van der Waals surface area contributed by atoms with E-state index in [1.54, 1.807) is 6.92 Å². The summed E-state index contributed by atoms with van der Waals surface area (Å²) in [5.74, 6) is 0.947. The van der Waals surface area contributed by atoms with Crippen molar-refractivity contribution in [3.8, 4) is 10.7 Å². The highest BCUT2D eigenvalue weighted by Gasteiger charge is 2.15. The molecular weight excluding hydrogens is 310 g/mol. The van der Waals surface area contributed by atoms with E-state index in [4.69, 9.17) is 4.52 Å². The summed E-state index contributed by atoms with van der Waals surface area (Å²) in [7, 11) is 0. The molecule has 1 N–H and O–H groups in total. The molecule has 23 heavy (non-hydrogen) atoms. The highest BCUT2D eigenvalue weighted by atomic mass is 32.1. The highest BCUT2D eigenvalue weighted by molar-refractivity contribution is 7.16. The summed E-state index contributed by atoms with van der Waals surface area (Å²) < 4.78 is 5.00. The molecule has 1 amide bonds. The fraction of sp³-hybridized carbons (Fsp3) is 0.235. The molecule has 118 valence electrons. The summed E-state index contributed by atoms with van der Waals surface area (Å²) in [6.07, 6.45) is 0. The Balaban J connectivity index is 1.85. The molecule has 3 aromatic rings. The van der Waals surface area contributed by atoms with Crippen LogP contribution in [0.3, 0.4) is 0 Å². The van der Waals surface area contributed by atoms with Gasteiger partial charge in [0.05, 0.1) is 10.6 Å². The van der Waals surface area contributed by atoms with Crippen LogP contribution < -0.4 is 5.32 Å². The maximum atomic E-state index is 12.5. The molecule has 0 atom stereocenters. The Kier molecular flexibility index (Phi) is 4.00. The van der Waals surface area contributed by atoms with Gasteiger partial charge < -0.3 is 9.84 Å². The number of benzene rings is 1. The van der Waals surface area contributed by atoms with Gasteiger partial charge in [-0.2, -0.15) is 4.98 Å². The molecular formula is C17H17N3O2S. The summed E-state index contributed by atoms with van der Waals surface area (Å²) in [6, 6.07) is 7.69. The van der Waals surface area contributed by atoms with Gasteiger partial charge in [0.2, 0.25) is 11.7 Å². The molecule has 0 saturated carbocycles. The quantitative estimate of drug-likeness (QED) is 0.779. The van der Waals surface area contributed by atoms with Crippen molar-refractivity contribution in [3.05, 3.63) is 51.7 Å². The Hall–Kier alpha value is -2.47. The van der Waals surface area contributed by atoms with Gasteiger partial charge >= 0.3 is 0 Å². The lowest BCUT2D eigenvalue weighted by Gasteiger charge is -2.06. The zero-order chi connectivity index (χ0) is 16.6. The lowest BCUT2D eigenvalue weighted by molar-refractivity contribution is 0.102. The SMILES string of the molecule is Cc1cc(C)cc(C(=O)Nc2cc(-c3noc(C)n3)sc2C)c1. The van der Waals surface area contributed by atoms with Crippen LogP contribution in [-0.4, -0.2) is 16.0 Å². The summed E-state index contributed by atoms with van der Waals surface area (Å²) in [4.78, 5) is 18.6. The number of carbonyl (C=O) groups is 1. The Morgan fingerprint density at radius 1 is 1.09 bits per heavy atom. The van der Waals surface area contributed by atoms with E-state index in [-0.39, 0.29) is 5.91 Å². The first-order chi connectivity index (χ1) is 10.9. The van der Waals surface area contributed by atoms with Crippen LogP contribution in [-0.2, 0) is 0 Å². The van der Waals surface area contributed by atoms with E-state index >= 15 is 0 Å². The van der Waals surface area contributed by atoms with Gasteiger partial charge in [0, 0.05) is 17.4 Å². The third kappa shape index (κ3) is 3.32. The van der Waals surface area contributed by atoms with Crippen LogP contribution in [0.5, 0.6) is 0 Å². The van der Waals surface area contributed by atoms with Crippen LogP contribution >= 0.6 is 11.3 Å². The largest absolute Gasteiger partial charge is 0.339 e. The average molecular weight is 327 g/mol. The minimum Gasteiger partial charge on any atom is -0.339 e. The van der Waals surface area contributed by atoms with Gasteiger partial charge in [0.25, 0.3) is 5.91 Å². The van der Waals surface area contributed by atoms with Gasteiger partial charge in [-0.1, -0.05) is 22.3 Å². The number of carbonyl (C=O) groups excluding carboxylic acids is 1. The van der Waals surface area contributed by atoms with Gasteiger partial charge in [-0.25, -0.2) is 0 Å². The molecule has 0 unspecified atom stereocenters. The minimum atomic E-state index is -0.117. The Morgan fingerprint density at radius 3 is 2.39 bits per heavy atom. The number of hydrogen-bond donors (Lipinski definition) is 1. The number of amides is 1. The summed E-state index contributed by atoms with van der Waals surface area (Å²) in [5.41, 5.74) is 3.57. The second kappa shape index (κ2) is 5.96. The molecule has 0 aliphatic rings. The lowest BCUT2D eigenvalue weighted by atomic mass is 10.1. The molecule has 2 aromatic heterocycles. The second-order valence-electron chi connectivity index (χ2n) is 5.55. The number of thiophene rings is 1. The van der Waals surface area contributed by atoms with Gasteiger partial charge in [0.15, 0.2) is 0 Å². The molecule has 0 spiro atoms. The molecule has 3 rings (SSSR count). The molecule has 5 nitrogen and oxygen atoms in total. The van der Waals surface area contributed by atoms with Crippen LogP contribution in [0.4, 0.5) is 5.69 Å². The first-order valence-corrected chi connectivity index (χ1v) is 8.05. The number of hydrogen-bond acceptors (Lipinski definition) is 5. The van der Waals surface area contributed by atoms with E-state index in [9.17, 15) is 4.79 Å². The van der Waals surface area contributed by atoms with Crippen molar-refractivity contribution < 1.29 is 9.32 Å². The number of anilines is 1. The molecule has 0 radical (unpaired) electrons. The van der Waals surface area contributed by atoms with Crippen LogP contribution in [0.1, 0.15) is 32.3 Å². The number of nitrogens with zero attached hydrogens (tertiary/aromatic N) is 2. The fourth-order valence-electron chi connectivity index (χ4n) is 2.42. The van der Waals surface area contributed by atoms with Gasteiger partial charge in [-0.05, 0) is 39.0 Å². The van der Waals surface area contributed by atoms with Crippen LogP contribution in [0, 0.1) is 27.7 Å². The molecule has 0 fully saturated rings. The van der Waals surface area contributed by atoms with E-state index in [1.165, 1.54) is 11.3 Å². The first-order valence-electron chi connectivity index (χ1n) is 7.23. The van der Waals surface area contributed by atoms with Crippen molar-refractivity contribution in [2.45, 2.75) is 27.7 Å². The topological polar surface area (TPSA) is 68.0 Å². The van der Waals surface area contributed by atoms with Crippen LogP contribution in [0.2, 0.25) is 0 Å². The van der Waals surface area contributed by atoms with Crippen molar-refractivity contribution in [1.82, 2.24) is 10.1 Å². The monoisotopic (exact) mass is 327 g/mol. The lowest BCUT2D eigenvalue weighted by Crippen LogP contribution is -2.12. The van der Waals surface area contributed by atoms with Crippen LogP contribution in [0.25, 0.3) is 10.7 Å². The maximum Gasteiger partial charge on any atom is 0.255 e. The summed E-state index contributed by atoms with van der Waals surface area (Å²) in [5, 5.41) is 6.88. The van der Waals surface area contributed by atoms with Crippen molar-refractivity contribution in [2.24, 2.45) is 0 Å². The van der Waals surface area contributed by atoms with E-state index in [2.05, 4.69) is 15.5 Å². The van der Waals surface area contributed by atoms with E-state index in [0.29, 0.717) is 17.3 Å². The first kappa shape index (κ1) is 15.4. The number of aromatic nitrogens is 2. The normalized spacial score (nSPS) is 10.8. The standard InChI is InChI=1S/C17H17N3O2S/c1-9-5-10(2)7-13(6-9)17(21)19-14-8-15(23-11(14)3)16-18-12(4)22-20-16/h5-8H,1-4H3,(H,19,21). The molecule has 0 bridgehead atoms. The molecule has 0 aliphatic carbocycles. The van der Waals surface area contributed by atoms with E-state index in [1.807, 2.05) is 45.0 Å². The molecule has 0 aliphatic heterocycles. The van der Waals surface area contributed by atoms with Crippen molar-refractivity contribution in [3.63, 3.8) is 0 Å². The number of rotatable bonds is 3. The van der Waals surface area contributed by atoms with E-state index < -0.39 is 0 Å². The minimum absolute atomic E-state index is 0.117. The Labute approximate surface area is 138 Å². The van der Waals surface area contributed by atoms with Gasteiger partial charge in [0.1, 0.15) is 0 Å². The van der Waals surface area contributed by atoms with E-state index in [0.717, 1.165) is 26.6 Å². The Bertz CT molecular complexity index is 860. The predicted molar refractivity (Wildman–Crippen MR) is 91.0 cm³/mol. The third-order valence-electron chi connectivity index (χ3n) is 3.40. The smallest absolute Gasteiger partial charge is 0.255 e. The van der Waals surface area contributed by atoms with Crippen molar-refractivity contribution in [1.29, 1.82) is 0 Å². The maximum absolute atomic E-state index is 12.5. The Morgan fingerprint density at radius 2 is 1.78 bits per heavy atom. The molecule has 6 heteroatoms. The third-order valence-corrected chi connectivity index (χ3v) is 4.44. The van der Waals surface area contributed by atoms with Gasteiger partial charge in [-0.3, -0.25) is 4.79 Å². The molecule has 2 heterocycles.